The van der Waals surface area contributed by atoms with Crippen LogP contribution in [-0.4, -0.2) is 29.3 Å². The first kappa shape index (κ1) is 9.29. The third kappa shape index (κ3) is 1.22. The van der Waals surface area contributed by atoms with Gasteiger partial charge < -0.3 is 4.98 Å². The Balaban J connectivity index is 2.04. The zero-order valence-electron chi connectivity index (χ0n) is 9.20. The number of nitrogens with one attached hydrogen (secondary N) is 1. The smallest absolute Gasteiger partial charge is 0.234 e. The van der Waals surface area contributed by atoms with E-state index in [1.807, 2.05) is 28.9 Å². The fourth-order valence-electron chi connectivity index (χ4n) is 1.97. The molecule has 4 aromatic heterocycles. The van der Waals surface area contributed by atoms with Gasteiger partial charge in [0.15, 0.2) is 12.0 Å². The highest BCUT2D eigenvalue weighted by Gasteiger charge is 2.10. The number of aromatic amines is 1. The molecule has 85 valence electrons. The van der Waals surface area contributed by atoms with Crippen LogP contribution in [-0.2, 0) is 0 Å². The maximum atomic E-state index is 4.48. The van der Waals surface area contributed by atoms with E-state index in [0.717, 1.165) is 16.8 Å². The number of H-pyrrole nitrogens is 1. The number of fused-ring (bicyclic) bond motifs is 2. The summed E-state index contributed by atoms with van der Waals surface area (Å²) >= 11 is 0. The molecule has 0 aliphatic heterocycles. The molecular formula is C12H7N6. The molecule has 0 unspecified atom stereocenters. The molecule has 18 heavy (non-hydrogen) atoms. The minimum absolute atomic E-state index is 0.637. The number of pyridine rings is 1. The minimum Gasteiger partial charge on any atom is -0.333 e. The summed E-state index contributed by atoms with van der Waals surface area (Å²) in [4.78, 5) is 19.8. The molecule has 4 heterocycles. The van der Waals surface area contributed by atoms with Gasteiger partial charge in [0.1, 0.15) is 0 Å². The highest BCUT2D eigenvalue weighted by molar-refractivity contribution is 5.88. The molecule has 0 spiro atoms. The number of imidazole rings is 2. The van der Waals surface area contributed by atoms with Crippen molar-refractivity contribution in [3.05, 3.63) is 43.2 Å². The van der Waals surface area contributed by atoms with E-state index >= 15 is 0 Å². The van der Waals surface area contributed by atoms with Gasteiger partial charge in [-0.1, -0.05) is 0 Å². The predicted molar refractivity (Wildman–Crippen MR) is 64.7 cm³/mol. The van der Waals surface area contributed by atoms with Gasteiger partial charge in [0, 0.05) is 30.4 Å². The number of hydrogen-bond acceptors (Lipinski definition) is 4. The van der Waals surface area contributed by atoms with E-state index in [1.165, 1.54) is 0 Å². The maximum Gasteiger partial charge on any atom is 0.234 e. The Hall–Kier alpha value is -2.76. The quantitative estimate of drug-likeness (QED) is 0.542. The molecule has 0 fully saturated rings. The molecule has 4 rings (SSSR count). The molecule has 1 N–H and O–H groups in total. The van der Waals surface area contributed by atoms with Crippen LogP contribution in [0.4, 0.5) is 0 Å². The van der Waals surface area contributed by atoms with Crippen LogP contribution in [0, 0.1) is 6.33 Å². The van der Waals surface area contributed by atoms with Gasteiger partial charge in [-0.2, -0.15) is 0 Å². The van der Waals surface area contributed by atoms with E-state index in [-0.39, 0.29) is 0 Å². The molecule has 0 bridgehead atoms. The summed E-state index contributed by atoms with van der Waals surface area (Å²) in [5.41, 5.74) is 3.25. The lowest BCUT2D eigenvalue weighted by Crippen LogP contribution is -1.83. The molecule has 0 aromatic carbocycles. The van der Waals surface area contributed by atoms with Gasteiger partial charge in [-0.15, -0.1) is 0 Å². The lowest BCUT2D eigenvalue weighted by atomic mass is 10.2. The van der Waals surface area contributed by atoms with Crippen LogP contribution in [0.5, 0.6) is 0 Å². The Morgan fingerprint density at radius 2 is 2.22 bits per heavy atom. The van der Waals surface area contributed by atoms with Gasteiger partial charge in [-0.05, 0) is 12.1 Å². The fourth-order valence-corrected chi connectivity index (χ4v) is 1.97. The Morgan fingerprint density at radius 3 is 3.17 bits per heavy atom. The number of nitrogens with zero attached hydrogens (tertiary/aromatic N) is 5. The molecular weight excluding hydrogens is 228 g/mol. The average Bonchev–Trinajstić information content (AvgIpc) is 3.04. The van der Waals surface area contributed by atoms with Crippen molar-refractivity contribution in [3.8, 4) is 11.3 Å². The lowest BCUT2D eigenvalue weighted by molar-refractivity contribution is 1.11. The lowest BCUT2D eigenvalue weighted by Gasteiger charge is -1.96. The van der Waals surface area contributed by atoms with Crippen molar-refractivity contribution in [1.82, 2.24) is 29.3 Å². The normalized spacial score (nSPS) is 11.3. The van der Waals surface area contributed by atoms with Gasteiger partial charge >= 0.3 is 0 Å². The summed E-state index contributed by atoms with van der Waals surface area (Å²) in [6.07, 6.45) is 9.97. The van der Waals surface area contributed by atoms with Crippen LogP contribution in [0.25, 0.3) is 28.2 Å². The van der Waals surface area contributed by atoms with Gasteiger partial charge in [-0.3, -0.25) is 4.40 Å². The largest absolute Gasteiger partial charge is 0.333 e. The summed E-state index contributed by atoms with van der Waals surface area (Å²) in [5, 5.41) is 0. The van der Waals surface area contributed by atoms with Gasteiger partial charge in [0.2, 0.25) is 5.78 Å². The SMILES string of the molecule is [c]1nc2nccc(-c3cn4cccnc4n3)c2[nH]1. The minimum atomic E-state index is 0.637. The monoisotopic (exact) mass is 235 g/mol. The Labute approximate surface area is 101 Å². The van der Waals surface area contributed by atoms with Crippen molar-refractivity contribution in [2.24, 2.45) is 0 Å². The molecule has 0 amide bonds. The Kier molecular flexibility index (Phi) is 1.74. The van der Waals surface area contributed by atoms with Crippen LogP contribution < -0.4 is 0 Å². The molecule has 0 atom stereocenters. The molecule has 0 aliphatic rings. The molecule has 0 saturated heterocycles. The van der Waals surface area contributed by atoms with E-state index in [4.69, 9.17) is 0 Å². The third-order valence-electron chi connectivity index (χ3n) is 2.79. The van der Waals surface area contributed by atoms with E-state index in [2.05, 4.69) is 31.2 Å². The van der Waals surface area contributed by atoms with Gasteiger partial charge in [0.05, 0.1) is 11.2 Å². The van der Waals surface area contributed by atoms with Gasteiger partial charge in [-0.25, -0.2) is 19.9 Å². The van der Waals surface area contributed by atoms with Crippen molar-refractivity contribution in [1.29, 1.82) is 0 Å². The molecule has 0 aliphatic carbocycles. The Bertz CT molecular complexity index is 811. The van der Waals surface area contributed by atoms with E-state index in [9.17, 15) is 0 Å². The second-order valence-electron chi connectivity index (χ2n) is 3.86. The van der Waals surface area contributed by atoms with Crippen molar-refractivity contribution in [3.63, 3.8) is 0 Å². The second kappa shape index (κ2) is 3.36. The standard InChI is InChI=1S/C12H7N6/c1-3-14-12-17-9(6-18(12)5-1)8-2-4-13-11-10(8)15-7-16-11/h1-6H,(H,13,15,16). The zero-order valence-corrected chi connectivity index (χ0v) is 9.20. The van der Waals surface area contributed by atoms with Crippen LogP contribution in [0.2, 0.25) is 0 Å². The van der Waals surface area contributed by atoms with Crippen molar-refractivity contribution >= 4 is 16.9 Å². The van der Waals surface area contributed by atoms with Crippen molar-refractivity contribution in [2.45, 2.75) is 0 Å². The predicted octanol–water partition coefficient (Wildman–Crippen LogP) is 1.47. The topological polar surface area (TPSA) is 71.8 Å². The third-order valence-corrected chi connectivity index (χ3v) is 2.79. The van der Waals surface area contributed by atoms with E-state index in [1.54, 1.807) is 12.4 Å². The summed E-state index contributed by atoms with van der Waals surface area (Å²) in [6, 6.07) is 3.76. The first-order valence-electron chi connectivity index (χ1n) is 5.43. The fraction of sp³-hybridized carbons (Fsp3) is 0. The first-order chi connectivity index (χ1) is 8.92. The maximum absolute atomic E-state index is 4.48. The van der Waals surface area contributed by atoms with Crippen LogP contribution >= 0.6 is 0 Å². The van der Waals surface area contributed by atoms with E-state index in [0.29, 0.717) is 11.4 Å². The summed E-state index contributed by atoms with van der Waals surface area (Å²) < 4.78 is 1.88. The highest BCUT2D eigenvalue weighted by atomic mass is 15.1. The van der Waals surface area contributed by atoms with Crippen molar-refractivity contribution in [2.75, 3.05) is 0 Å². The number of rotatable bonds is 1. The van der Waals surface area contributed by atoms with Crippen LogP contribution in [0.3, 0.4) is 0 Å². The molecule has 1 radical (unpaired) electrons. The first-order valence-corrected chi connectivity index (χ1v) is 5.43. The van der Waals surface area contributed by atoms with E-state index < -0.39 is 0 Å². The van der Waals surface area contributed by atoms with Crippen LogP contribution in [0.1, 0.15) is 0 Å². The van der Waals surface area contributed by atoms with Crippen molar-refractivity contribution < 1.29 is 0 Å². The zero-order chi connectivity index (χ0) is 11.9. The number of aromatic nitrogens is 6. The summed E-state index contributed by atoms with van der Waals surface area (Å²) in [7, 11) is 0. The summed E-state index contributed by atoms with van der Waals surface area (Å²) in [5.74, 6) is 0.668. The highest BCUT2D eigenvalue weighted by Crippen LogP contribution is 2.24. The number of hydrogen-bond donors (Lipinski definition) is 1. The molecule has 6 heteroatoms. The average molecular weight is 235 g/mol. The van der Waals surface area contributed by atoms with Gasteiger partial charge in [0.25, 0.3) is 0 Å². The molecule has 0 saturated carbocycles. The molecule has 4 aromatic rings. The summed E-state index contributed by atoms with van der Waals surface area (Å²) in [6.45, 7) is 0. The molecule has 6 nitrogen and oxygen atoms in total. The second-order valence-corrected chi connectivity index (χ2v) is 3.86. The Morgan fingerprint density at radius 1 is 1.22 bits per heavy atom. The van der Waals surface area contributed by atoms with Crippen LogP contribution in [0.15, 0.2) is 36.9 Å².